The van der Waals surface area contributed by atoms with Crippen LogP contribution < -0.4 is 11.1 Å². The summed E-state index contributed by atoms with van der Waals surface area (Å²) in [4.78, 5) is 24.2. The van der Waals surface area contributed by atoms with E-state index in [9.17, 15) is 9.59 Å². The van der Waals surface area contributed by atoms with E-state index in [2.05, 4.69) is 10.4 Å². The van der Waals surface area contributed by atoms with Crippen molar-refractivity contribution in [2.75, 3.05) is 11.1 Å². The van der Waals surface area contributed by atoms with E-state index in [4.69, 9.17) is 5.73 Å². The number of para-hydroxylation sites is 1. The highest BCUT2D eigenvalue weighted by atomic mass is 32.2. The number of primary amides is 1. The summed E-state index contributed by atoms with van der Waals surface area (Å²) in [5, 5.41) is 7.11. The largest absolute Gasteiger partial charge is 0.369 e. The molecule has 7 heteroatoms. The van der Waals surface area contributed by atoms with Crippen LogP contribution in [-0.2, 0) is 16.6 Å². The Balaban J connectivity index is 1.64. The van der Waals surface area contributed by atoms with Crippen LogP contribution in [0.15, 0.2) is 41.6 Å². The number of hydrogen-bond donors (Lipinski definition) is 2. The van der Waals surface area contributed by atoms with Crippen LogP contribution in [0.25, 0.3) is 0 Å². The van der Waals surface area contributed by atoms with E-state index in [0.29, 0.717) is 0 Å². The van der Waals surface area contributed by atoms with Gasteiger partial charge in [0.2, 0.25) is 11.8 Å². The van der Waals surface area contributed by atoms with Crippen molar-refractivity contribution in [2.45, 2.75) is 17.2 Å². The summed E-state index contributed by atoms with van der Waals surface area (Å²) < 4.78 is 1.75. The highest BCUT2D eigenvalue weighted by Crippen LogP contribution is 2.48. The van der Waals surface area contributed by atoms with Gasteiger partial charge in [0, 0.05) is 24.1 Å². The van der Waals surface area contributed by atoms with E-state index in [1.54, 1.807) is 4.68 Å². The van der Waals surface area contributed by atoms with Gasteiger partial charge in [-0.25, -0.2) is 0 Å². The molecule has 120 valence electrons. The highest BCUT2D eigenvalue weighted by Gasteiger charge is 2.44. The van der Waals surface area contributed by atoms with Gasteiger partial charge in [0.05, 0.1) is 17.6 Å². The predicted molar refractivity (Wildman–Crippen MR) is 89.0 cm³/mol. The monoisotopic (exact) mass is 330 g/mol. The standard InChI is InChI=1S/C16H18N4O2S/c1-20-8-10(7-18-20)11-6-12(11)16(22)19-13-4-2-3-5-14(13)23-9-15(17)21/h2-5,7-8,11-12H,6,9H2,1H3,(H2,17,21)(H,19,22)/t11-,12+/m0/s1. The van der Waals surface area contributed by atoms with Crippen LogP contribution in [0.2, 0.25) is 0 Å². The normalized spacial score (nSPS) is 19.3. The van der Waals surface area contributed by atoms with E-state index >= 15 is 0 Å². The Bertz CT molecular complexity index is 743. The number of nitrogens with one attached hydrogen (secondary N) is 1. The summed E-state index contributed by atoms with van der Waals surface area (Å²) >= 11 is 1.33. The highest BCUT2D eigenvalue weighted by molar-refractivity contribution is 8.00. The summed E-state index contributed by atoms with van der Waals surface area (Å²) in [7, 11) is 1.87. The minimum absolute atomic E-state index is 0.00554. The quantitative estimate of drug-likeness (QED) is 0.790. The van der Waals surface area contributed by atoms with Crippen LogP contribution in [0.4, 0.5) is 5.69 Å². The van der Waals surface area contributed by atoms with Crippen LogP contribution >= 0.6 is 11.8 Å². The molecular weight excluding hydrogens is 312 g/mol. The van der Waals surface area contributed by atoms with Crippen LogP contribution in [0.1, 0.15) is 17.9 Å². The SMILES string of the molecule is Cn1cc([C@@H]2C[C@H]2C(=O)Nc2ccccc2SCC(N)=O)cn1. The molecule has 1 heterocycles. The second-order valence-electron chi connectivity index (χ2n) is 5.64. The van der Waals surface area contributed by atoms with Crippen LogP contribution in [0.5, 0.6) is 0 Å². The molecule has 3 rings (SSSR count). The van der Waals surface area contributed by atoms with E-state index in [1.807, 2.05) is 43.7 Å². The number of rotatable bonds is 6. The van der Waals surface area contributed by atoms with Crippen molar-refractivity contribution in [3.63, 3.8) is 0 Å². The Labute approximate surface area is 138 Å². The van der Waals surface area contributed by atoms with Gasteiger partial charge in [-0.3, -0.25) is 14.3 Å². The number of anilines is 1. The molecule has 0 bridgehead atoms. The minimum atomic E-state index is -0.380. The third kappa shape index (κ3) is 3.73. The molecule has 1 aliphatic rings. The van der Waals surface area contributed by atoms with Crippen LogP contribution in [0, 0.1) is 5.92 Å². The molecule has 2 aromatic rings. The fourth-order valence-electron chi connectivity index (χ4n) is 2.55. The van der Waals surface area contributed by atoms with Crippen molar-refractivity contribution < 1.29 is 9.59 Å². The van der Waals surface area contributed by atoms with Gasteiger partial charge >= 0.3 is 0 Å². The number of hydrogen-bond acceptors (Lipinski definition) is 4. The van der Waals surface area contributed by atoms with Crippen LogP contribution in [0.3, 0.4) is 0 Å². The fraction of sp³-hybridized carbons (Fsp3) is 0.312. The summed E-state index contributed by atoms with van der Waals surface area (Å²) in [6.07, 6.45) is 4.61. The zero-order valence-corrected chi connectivity index (χ0v) is 13.5. The summed E-state index contributed by atoms with van der Waals surface area (Å²) in [5.74, 6) is 0.0395. The van der Waals surface area contributed by atoms with E-state index in [1.165, 1.54) is 11.8 Å². The van der Waals surface area contributed by atoms with Crippen LogP contribution in [-0.4, -0.2) is 27.3 Å². The molecule has 3 N–H and O–H groups in total. The molecule has 1 aromatic heterocycles. The lowest BCUT2D eigenvalue weighted by molar-refractivity contribution is -0.117. The Kier molecular flexibility index (Phi) is 4.38. The van der Waals surface area contributed by atoms with Crippen molar-refractivity contribution >= 4 is 29.3 Å². The number of nitrogens with two attached hydrogens (primary N) is 1. The Morgan fingerprint density at radius 3 is 2.91 bits per heavy atom. The molecule has 1 aromatic carbocycles. The average Bonchev–Trinajstić information content (AvgIpc) is 3.21. The van der Waals surface area contributed by atoms with Crippen molar-refractivity contribution in [1.82, 2.24) is 9.78 Å². The zero-order chi connectivity index (χ0) is 16.4. The smallest absolute Gasteiger partial charge is 0.228 e. The summed E-state index contributed by atoms with van der Waals surface area (Å²) in [6.45, 7) is 0. The molecule has 2 atom stereocenters. The maximum atomic E-state index is 12.4. The maximum Gasteiger partial charge on any atom is 0.228 e. The predicted octanol–water partition coefficient (Wildman–Crippen LogP) is 1.74. The molecule has 1 fully saturated rings. The van der Waals surface area contributed by atoms with E-state index < -0.39 is 0 Å². The molecule has 1 saturated carbocycles. The topological polar surface area (TPSA) is 90.0 Å². The van der Waals surface area contributed by atoms with Crippen molar-refractivity contribution in [3.8, 4) is 0 Å². The van der Waals surface area contributed by atoms with Crippen molar-refractivity contribution in [3.05, 3.63) is 42.2 Å². The van der Waals surface area contributed by atoms with Gasteiger partial charge in [-0.2, -0.15) is 5.10 Å². The molecule has 2 amide bonds. The number of benzene rings is 1. The summed E-state index contributed by atoms with van der Waals surface area (Å²) in [6, 6.07) is 7.43. The Morgan fingerprint density at radius 2 is 2.22 bits per heavy atom. The number of amides is 2. The van der Waals surface area contributed by atoms with Gasteiger partial charge in [0.15, 0.2) is 0 Å². The third-order valence-electron chi connectivity index (χ3n) is 3.80. The molecule has 0 radical (unpaired) electrons. The number of nitrogens with zero attached hydrogens (tertiary/aromatic N) is 2. The Morgan fingerprint density at radius 1 is 1.43 bits per heavy atom. The first-order chi connectivity index (χ1) is 11.0. The van der Waals surface area contributed by atoms with Gasteiger partial charge in [0.1, 0.15) is 0 Å². The van der Waals surface area contributed by atoms with Gasteiger partial charge < -0.3 is 11.1 Å². The molecule has 23 heavy (non-hydrogen) atoms. The minimum Gasteiger partial charge on any atom is -0.369 e. The molecule has 0 unspecified atom stereocenters. The average molecular weight is 330 g/mol. The first kappa shape index (κ1) is 15.6. The summed E-state index contributed by atoms with van der Waals surface area (Å²) in [5.41, 5.74) is 7.00. The number of thioether (sulfide) groups is 1. The fourth-order valence-corrected chi connectivity index (χ4v) is 3.30. The van der Waals surface area contributed by atoms with E-state index in [0.717, 1.165) is 22.6 Å². The Hall–Kier alpha value is -2.28. The second kappa shape index (κ2) is 6.45. The van der Waals surface area contributed by atoms with E-state index in [-0.39, 0.29) is 29.4 Å². The molecule has 6 nitrogen and oxygen atoms in total. The molecule has 0 spiro atoms. The zero-order valence-electron chi connectivity index (χ0n) is 12.7. The first-order valence-electron chi connectivity index (χ1n) is 7.34. The lowest BCUT2D eigenvalue weighted by Crippen LogP contribution is -2.16. The first-order valence-corrected chi connectivity index (χ1v) is 8.32. The van der Waals surface area contributed by atoms with Crippen molar-refractivity contribution in [1.29, 1.82) is 0 Å². The molecule has 0 aliphatic heterocycles. The molecular formula is C16H18N4O2S. The van der Waals surface area contributed by atoms with Gasteiger partial charge in [-0.15, -0.1) is 11.8 Å². The second-order valence-corrected chi connectivity index (χ2v) is 6.65. The molecule has 0 saturated heterocycles. The number of carbonyl (C=O) groups is 2. The number of aromatic nitrogens is 2. The molecule has 1 aliphatic carbocycles. The lowest BCUT2D eigenvalue weighted by atomic mass is 10.2. The van der Waals surface area contributed by atoms with Gasteiger partial charge in [-0.05, 0) is 30.0 Å². The van der Waals surface area contributed by atoms with Crippen molar-refractivity contribution in [2.24, 2.45) is 18.7 Å². The van der Waals surface area contributed by atoms with Gasteiger partial charge in [-0.1, -0.05) is 12.1 Å². The van der Waals surface area contributed by atoms with Gasteiger partial charge in [0.25, 0.3) is 0 Å². The lowest BCUT2D eigenvalue weighted by Gasteiger charge is -2.10. The number of carbonyl (C=O) groups excluding carboxylic acids is 2. The number of aryl methyl sites for hydroxylation is 1. The maximum absolute atomic E-state index is 12.4. The third-order valence-corrected chi connectivity index (χ3v) is 4.89.